The number of benzene rings is 2. The summed E-state index contributed by atoms with van der Waals surface area (Å²) in [6.07, 6.45) is 7.26. The first-order valence-electron chi connectivity index (χ1n) is 9.46. The van der Waals surface area contributed by atoms with E-state index in [4.69, 9.17) is 23.8 Å². The highest BCUT2D eigenvalue weighted by Gasteiger charge is 2.29. The van der Waals surface area contributed by atoms with Crippen molar-refractivity contribution in [1.82, 2.24) is 15.2 Å². The zero-order valence-corrected chi connectivity index (χ0v) is 17.6. The lowest BCUT2D eigenvalue weighted by Crippen LogP contribution is -2.34. The first-order chi connectivity index (χ1) is 14.6. The Balaban J connectivity index is 1.38. The predicted molar refractivity (Wildman–Crippen MR) is 126 cm³/mol. The molecule has 0 bridgehead atoms. The highest BCUT2D eigenvalue weighted by atomic mass is 35.5. The molecule has 1 aliphatic rings. The molecule has 30 heavy (non-hydrogen) atoms. The highest BCUT2D eigenvalue weighted by molar-refractivity contribution is 7.80. The number of rotatable bonds is 6. The minimum Gasteiger partial charge on any atom is -0.383 e. The Kier molecular flexibility index (Phi) is 6.07. The Morgan fingerprint density at radius 1 is 1.17 bits per heavy atom. The summed E-state index contributed by atoms with van der Waals surface area (Å²) >= 11 is 11.4. The van der Waals surface area contributed by atoms with Crippen molar-refractivity contribution < 1.29 is 4.79 Å². The molecule has 1 fully saturated rings. The van der Waals surface area contributed by atoms with Gasteiger partial charge in [-0.05, 0) is 48.1 Å². The average Bonchev–Trinajstić information content (AvgIpc) is 3.02. The average molecular weight is 435 g/mol. The fourth-order valence-corrected chi connectivity index (χ4v) is 3.64. The maximum absolute atomic E-state index is 12.7. The number of hydrogen-bond donors (Lipinski definition) is 2. The summed E-state index contributed by atoms with van der Waals surface area (Å²) in [5.74, 6) is -0.133. The third-order valence-electron chi connectivity index (χ3n) is 4.67. The van der Waals surface area contributed by atoms with Crippen molar-refractivity contribution in [3.05, 3.63) is 89.2 Å². The van der Waals surface area contributed by atoms with Crippen LogP contribution in [-0.2, 0) is 4.79 Å². The number of amides is 1. The van der Waals surface area contributed by atoms with Crippen LogP contribution in [0.1, 0.15) is 5.56 Å². The fourth-order valence-electron chi connectivity index (χ4n) is 3.19. The van der Waals surface area contributed by atoms with E-state index in [1.165, 1.54) is 0 Å². The number of nitrogens with zero attached hydrogens (tertiary/aromatic N) is 2. The van der Waals surface area contributed by atoms with Crippen molar-refractivity contribution in [3.63, 3.8) is 0 Å². The SMILES string of the molecule is O=C1/C(=C\C=C\c2ccccc2)NC(=S)N1CCNc1ccnc2cc(Cl)ccc12. The normalized spacial score (nSPS) is 15.4. The molecule has 1 saturated heterocycles. The summed E-state index contributed by atoms with van der Waals surface area (Å²) in [5, 5.41) is 8.38. The number of nitrogens with one attached hydrogen (secondary N) is 2. The van der Waals surface area contributed by atoms with E-state index in [1.54, 1.807) is 17.2 Å². The highest BCUT2D eigenvalue weighted by Crippen LogP contribution is 2.24. The molecule has 2 aromatic carbocycles. The standard InChI is InChI=1S/C23H19ClN4OS/c24-17-9-10-18-19(11-12-25-21(18)15-17)26-13-14-28-22(29)20(27-23(28)30)8-4-7-16-5-2-1-3-6-16/h1-12,15H,13-14H2,(H,25,26)(H,27,30)/b7-4+,20-8+. The van der Waals surface area contributed by atoms with E-state index >= 15 is 0 Å². The lowest BCUT2D eigenvalue weighted by atomic mass is 10.2. The maximum Gasteiger partial charge on any atom is 0.276 e. The molecule has 7 heteroatoms. The molecule has 0 aliphatic carbocycles. The number of anilines is 1. The van der Waals surface area contributed by atoms with Crippen molar-refractivity contribution in [3.8, 4) is 0 Å². The first-order valence-corrected chi connectivity index (χ1v) is 10.2. The molecule has 150 valence electrons. The number of hydrogen-bond acceptors (Lipinski definition) is 4. The predicted octanol–water partition coefficient (Wildman–Crippen LogP) is 4.61. The molecule has 2 heterocycles. The van der Waals surface area contributed by atoms with Gasteiger partial charge in [-0.1, -0.05) is 54.1 Å². The molecule has 0 saturated carbocycles. The quantitative estimate of drug-likeness (QED) is 0.438. The Bertz CT molecular complexity index is 1160. The summed E-state index contributed by atoms with van der Waals surface area (Å²) in [6, 6.07) is 17.4. The van der Waals surface area contributed by atoms with Gasteiger partial charge < -0.3 is 10.6 Å². The van der Waals surface area contributed by atoms with E-state index in [1.807, 2.05) is 66.7 Å². The molecule has 3 aromatic rings. The minimum absolute atomic E-state index is 0.133. The van der Waals surface area contributed by atoms with Gasteiger partial charge >= 0.3 is 0 Å². The van der Waals surface area contributed by atoms with E-state index in [-0.39, 0.29) is 5.91 Å². The van der Waals surface area contributed by atoms with Crippen LogP contribution in [0.4, 0.5) is 5.69 Å². The molecule has 0 atom stereocenters. The molecule has 4 rings (SSSR count). The van der Waals surface area contributed by atoms with Gasteiger partial charge in [0.2, 0.25) is 0 Å². The van der Waals surface area contributed by atoms with E-state index < -0.39 is 0 Å². The van der Waals surface area contributed by atoms with Crippen LogP contribution >= 0.6 is 23.8 Å². The van der Waals surface area contributed by atoms with Crippen molar-refractivity contribution in [2.24, 2.45) is 0 Å². The van der Waals surface area contributed by atoms with E-state index in [2.05, 4.69) is 15.6 Å². The maximum atomic E-state index is 12.7. The fraction of sp³-hybridized carbons (Fsp3) is 0.0870. The summed E-state index contributed by atoms with van der Waals surface area (Å²) in [7, 11) is 0. The van der Waals surface area contributed by atoms with Gasteiger partial charge in [0.1, 0.15) is 5.70 Å². The van der Waals surface area contributed by atoms with Crippen LogP contribution in [0.25, 0.3) is 17.0 Å². The largest absolute Gasteiger partial charge is 0.383 e. The Hall–Kier alpha value is -3.22. The van der Waals surface area contributed by atoms with Crippen LogP contribution in [0.5, 0.6) is 0 Å². The molecule has 0 radical (unpaired) electrons. The van der Waals surface area contributed by atoms with Crippen LogP contribution in [0.3, 0.4) is 0 Å². The van der Waals surface area contributed by atoms with E-state index in [9.17, 15) is 4.79 Å². The number of fused-ring (bicyclic) bond motifs is 1. The van der Waals surface area contributed by atoms with Gasteiger partial charge in [0.05, 0.1) is 5.52 Å². The summed E-state index contributed by atoms with van der Waals surface area (Å²) in [6.45, 7) is 0.990. The summed E-state index contributed by atoms with van der Waals surface area (Å²) < 4.78 is 0. The van der Waals surface area contributed by atoms with E-state index in [0.717, 1.165) is 22.2 Å². The summed E-state index contributed by atoms with van der Waals surface area (Å²) in [4.78, 5) is 18.6. The lowest BCUT2D eigenvalue weighted by Gasteiger charge is -2.15. The van der Waals surface area contributed by atoms with Gasteiger partial charge in [0, 0.05) is 35.4 Å². The molecule has 0 spiro atoms. The van der Waals surface area contributed by atoms with Crippen LogP contribution in [0.2, 0.25) is 5.02 Å². The third-order valence-corrected chi connectivity index (χ3v) is 5.23. The summed E-state index contributed by atoms with van der Waals surface area (Å²) in [5.41, 5.74) is 3.28. The van der Waals surface area contributed by atoms with Crippen molar-refractivity contribution in [2.45, 2.75) is 0 Å². The Morgan fingerprint density at radius 3 is 2.83 bits per heavy atom. The second kappa shape index (κ2) is 9.07. The molecular formula is C23H19ClN4OS. The topological polar surface area (TPSA) is 57.3 Å². The zero-order chi connectivity index (χ0) is 20.9. The van der Waals surface area contributed by atoms with Gasteiger partial charge in [-0.2, -0.15) is 0 Å². The molecule has 1 aromatic heterocycles. The van der Waals surface area contributed by atoms with Crippen LogP contribution in [0, 0.1) is 0 Å². The number of thiocarbonyl (C=S) groups is 1. The van der Waals surface area contributed by atoms with E-state index in [0.29, 0.717) is 28.9 Å². The second-order valence-corrected chi connectivity index (χ2v) is 7.51. The van der Waals surface area contributed by atoms with Crippen LogP contribution in [-0.4, -0.2) is 34.0 Å². The van der Waals surface area contributed by atoms with Gasteiger partial charge in [-0.15, -0.1) is 0 Å². The second-order valence-electron chi connectivity index (χ2n) is 6.68. The molecule has 0 unspecified atom stereocenters. The number of pyridine rings is 1. The molecule has 2 N–H and O–H groups in total. The monoisotopic (exact) mass is 434 g/mol. The number of carbonyl (C=O) groups excluding carboxylic acids is 1. The van der Waals surface area contributed by atoms with Crippen LogP contribution in [0.15, 0.2) is 78.6 Å². The van der Waals surface area contributed by atoms with Crippen molar-refractivity contribution in [2.75, 3.05) is 18.4 Å². The van der Waals surface area contributed by atoms with Crippen molar-refractivity contribution in [1.29, 1.82) is 0 Å². The number of aromatic nitrogens is 1. The van der Waals surface area contributed by atoms with Gasteiger partial charge in [-0.3, -0.25) is 14.7 Å². The Morgan fingerprint density at radius 2 is 2.00 bits per heavy atom. The molecular weight excluding hydrogens is 416 g/mol. The Labute approximate surface area is 185 Å². The number of carbonyl (C=O) groups is 1. The molecule has 1 aliphatic heterocycles. The molecule has 1 amide bonds. The van der Waals surface area contributed by atoms with Crippen LogP contribution < -0.4 is 10.6 Å². The number of allylic oxidation sites excluding steroid dienone is 2. The smallest absolute Gasteiger partial charge is 0.276 e. The zero-order valence-electron chi connectivity index (χ0n) is 16.0. The molecule has 5 nitrogen and oxygen atoms in total. The van der Waals surface area contributed by atoms with Gasteiger partial charge in [0.25, 0.3) is 5.91 Å². The third kappa shape index (κ3) is 4.50. The van der Waals surface area contributed by atoms with Gasteiger partial charge in [-0.25, -0.2) is 0 Å². The lowest BCUT2D eigenvalue weighted by molar-refractivity contribution is -0.122. The first kappa shape index (κ1) is 20.1. The van der Waals surface area contributed by atoms with Crippen molar-refractivity contribution >= 4 is 57.5 Å². The van der Waals surface area contributed by atoms with Gasteiger partial charge in [0.15, 0.2) is 5.11 Å². The number of halogens is 1. The minimum atomic E-state index is -0.133.